The number of piperazine rings is 1. The van der Waals surface area contributed by atoms with Crippen LogP contribution in [0.15, 0.2) is 0 Å². The lowest BCUT2D eigenvalue weighted by Crippen LogP contribution is -2.49. The second kappa shape index (κ2) is 7.50. The summed E-state index contributed by atoms with van der Waals surface area (Å²) in [6.07, 6.45) is -3.80. The van der Waals surface area contributed by atoms with Crippen molar-refractivity contribution in [3.8, 4) is 0 Å². The maximum atomic E-state index is 10.6. The fourth-order valence-corrected chi connectivity index (χ4v) is 1.50. The van der Waals surface area contributed by atoms with E-state index in [1.807, 2.05) is 0 Å². The highest BCUT2D eigenvalue weighted by Gasteiger charge is 2.38. The zero-order valence-corrected chi connectivity index (χ0v) is 10.0. The van der Waals surface area contributed by atoms with Gasteiger partial charge >= 0.3 is 12.1 Å². The molecule has 0 saturated carbocycles. The smallest absolute Gasteiger partial charge is 0.475 e. The second-order valence-corrected chi connectivity index (χ2v) is 3.89. The van der Waals surface area contributed by atoms with Crippen LogP contribution >= 0.6 is 0 Å². The average Bonchev–Trinajstić information content (AvgIpc) is 2.21. The van der Waals surface area contributed by atoms with Crippen molar-refractivity contribution in [3.05, 3.63) is 0 Å². The predicted octanol–water partition coefficient (Wildman–Crippen LogP) is 1.32. The Morgan fingerprint density at radius 2 is 2.06 bits per heavy atom. The van der Waals surface area contributed by atoms with E-state index < -0.39 is 12.1 Å². The van der Waals surface area contributed by atoms with E-state index >= 15 is 0 Å². The largest absolute Gasteiger partial charge is 0.490 e. The van der Waals surface area contributed by atoms with Crippen molar-refractivity contribution in [2.45, 2.75) is 32.5 Å². The van der Waals surface area contributed by atoms with Crippen molar-refractivity contribution in [2.24, 2.45) is 0 Å². The summed E-state index contributed by atoms with van der Waals surface area (Å²) in [4.78, 5) is 11.4. The molecule has 0 unspecified atom stereocenters. The molecule has 1 saturated heterocycles. The van der Waals surface area contributed by atoms with E-state index in [1.54, 1.807) is 0 Å². The molecular formula is C10H19F3N2O2. The lowest BCUT2D eigenvalue weighted by molar-refractivity contribution is -0.192. The highest BCUT2D eigenvalue weighted by Crippen LogP contribution is 2.13. The van der Waals surface area contributed by atoms with Gasteiger partial charge < -0.3 is 10.4 Å². The van der Waals surface area contributed by atoms with Crippen LogP contribution in [0.25, 0.3) is 0 Å². The third-order valence-corrected chi connectivity index (χ3v) is 2.39. The normalized spacial score (nSPS) is 21.6. The number of nitrogens with one attached hydrogen (secondary N) is 1. The molecule has 0 radical (unpaired) electrons. The Morgan fingerprint density at radius 3 is 2.41 bits per heavy atom. The van der Waals surface area contributed by atoms with E-state index in [1.165, 1.54) is 32.6 Å². The van der Waals surface area contributed by atoms with Crippen molar-refractivity contribution in [1.29, 1.82) is 0 Å². The van der Waals surface area contributed by atoms with E-state index in [2.05, 4.69) is 24.1 Å². The molecule has 0 bridgehead atoms. The molecule has 17 heavy (non-hydrogen) atoms. The number of rotatable bonds is 2. The van der Waals surface area contributed by atoms with Crippen molar-refractivity contribution >= 4 is 5.97 Å². The van der Waals surface area contributed by atoms with Crippen LogP contribution < -0.4 is 5.32 Å². The minimum absolute atomic E-state index is 0.744. The van der Waals surface area contributed by atoms with Gasteiger partial charge in [-0.1, -0.05) is 6.92 Å². The number of hydrogen-bond donors (Lipinski definition) is 2. The molecule has 1 heterocycles. The summed E-state index contributed by atoms with van der Waals surface area (Å²) in [6, 6.07) is 0.744. The topological polar surface area (TPSA) is 52.6 Å². The summed E-state index contributed by atoms with van der Waals surface area (Å²) in [5.74, 6) is -2.76. The summed E-state index contributed by atoms with van der Waals surface area (Å²) in [5.41, 5.74) is 0. The third-order valence-electron chi connectivity index (χ3n) is 2.39. The van der Waals surface area contributed by atoms with Crippen molar-refractivity contribution < 1.29 is 23.1 Å². The fraction of sp³-hybridized carbons (Fsp3) is 0.900. The molecule has 0 aromatic carbocycles. The first-order valence-electron chi connectivity index (χ1n) is 5.54. The first-order chi connectivity index (χ1) is 7.79. The summed E-state index contributed by atoms with van der Waals surface area (Å²) in [5, 5.41) is 10.5. The van der Waals surface area contributed by atoms with Crippen LogP contribution in [0.5, 0.6) is 0 Å². The van der Waals surface area contributed by atoms with Crippen LogP contribution in [0, 0.1) is 0 Å². The van der Waals surface area contributed by atoms with Crippen LogP contribution in [-0.2, 0) is 4.79 Å². The highest BCUT2D eigenvalue weighted by molar-refractivity contribution is 5.73. The van der Waals surface area contributed by atoms with Gasteiger partial charge in [-0.25, -0.2) is 4.79 Å². The Morgan fingerprint density at radius 1 is 1.53 bits per heavy atom. The standard InChI is InChI=1S/C8H18N2.C2HF3O2/c1-3-5-10-6-4-9-7-8(10)2;3-2(4,5)1(6)7/h8-9H,3-7H2,1-2H3;(H,6,7)/t8-;/m0./s1. The van der Waals surface area contributed by atoms with Gasteiger partial charge in [0.2, 0.25) is 0 Å². The van der Waals surface area contributed by atoms with Gasteiger partial charge in [0, 0.05) is 25.7 Å². The van der Waals surface area contributed by atoms with Gasteiger partial charge in [-0.3, -0.25) is 4.90 Å². The molecule has 4 nitrogen and oxygen atoms in total. The lowest BCUT2D eigenvalue weighted by Gasteiger charge is -2.33. The van der Waals surface area contributed by atoms with Crippen molar-refractivity contribution in [1.82, 2.24) is 10.2 Å². The maximum Gasteiger partial charge on any atom is 0.490 e. The number of aliphatic carboxylic acids is 1. The van der Waals surface area contributed by atoms with E-state index in [4.69, 9.17) is 9.90 Å². The van der Waals surface area contributed by atoms with Gasteiger partial charge in [0.05, 0.1) is 0 Å². The maximum absolute atomic E-state index is 10.6. The Kier molecular flexibility index (Phi) is 7.13. The van der Waals surface area contributed by atoms with E-state index in [0.717, 1.165) is 6.04 Å². The molecular weight excluding hydrogens is 237 g/mol. The molecule has 0 aliphatic carbocycles. The molecule has 1 fully saturated rings. The quantitative estimate of drug-likeness (QED) is 0.782. The minimum atomic E-state index is -5.08. The fourth-order valence-electron chi connectivity index (χ4n) is 1.50. The van der Waals surface area contributed by atoms with Crippen molar-refractivity contribution in [2.75, 3.05) is 26.2 Å². The molecule has 0 aromatic rings. The molecule has 1 rings (SSSR count). The average molecular weight is 256 g/mol. The van der Waals surface area contributed by atoms with Crippen LogP contribution in [0.2, 0.25) is 0 Å². The van der Waals surface area contributed by atoms with Gasteiger partial charge in [0.25, 0.3) is 0 Å². The summed E-state index contributed by atoms with van der Waals surface area (Å²) >= 11 is 0. The van der Waals surface area contributed by atoms with E-state index in [0.29, 0.717) is 0 Å². The molecule has 1 aliphatic heterocycles. The second-order valence-electron chi connectivity index (χ2n) is 3.89. The summed E-state index contributed by atoms with van der Waals surface area (Å²) in [7, 11) is 0. The van der Waals surface area contributed by atoms with E-state index in [9.17, 15) is 13.2 Å². The Hall–Kier alpha value is -0.820. The van der Waals surface area contributed by atoms with Gasteiger partial charge in [0.15, 0.2) is 0 Å². The monoisotopic (exact) mass is 256 g/mol. The number of hydrogen-bond acceptors (Lipinski definition) is 3. The number of alkyl halides is 3. The van der Waals surface area contributed by atoms with Gasteiger partial charge in [0.1, 0.15) is 0 Å². The first kappa shape index (κ1) is 16.2. The number of carboxylic acid groups (broad SMARTS) is 1. The SMILES string of the molecule is CCCN1CCNC[C@@H]1C.O=C(O)C(F)(F)F. The van der Waals surface area contributed by atoms with Gasteiger partial charge in [-0.05, 0) is 19.9 Å². The van der Waals surface area contributed by atoms with Crippen molar-refractivity contribution in [3.63, 3.8) is 0 Å². The molecule has 1 atom stereocenters. The highest BCUT2D eigenvalue weighted by atomic mass is 19.4. The Labute approximate surface area is 98.8 Å². The first-order valence-corrected chi connectivity index (χ1v) is 5.54. The summed E-state index contributed by atoms with van der Waals surface area (Å²) < 4.78 is 31.7. The Balaban J connectivity index is 0.000000325. The molecule has 2 N–H and O–H groups in total. The van der Waals surface area contributed by atoms with Gasteiger partial charge in [-0.2, -0.15) is 13.2 Å². The van der Waals surface area contributed by atoms with Crippen LogP contribution in [0.1, 0.15) is 20.3 Å². The molecule has 102 valence electrons. The van der Waals surface area contributed by atoms with Crippen LogP contribution in [0.3, 0.4) is 0 Å². The number of halogens is 3. The lowest BCUT2D eigenvalue weighted by atomic mass is 10.2. The van der Waals surface area contributed by atoms with Crippen LogP contribution in [0.4, 0.5) is 13.2 Å². The zero-order valence-electron chi connectivity index (χ0n) is 10.0. The number of carbonyl (C=O) groups is 1. The third kappa shape index (κ3) is 7.17. The molecule has 0 aromatic heterocycles. The van der Waals surface area contributed by atoms with E-state index in [-0.39, 0.29) is 0 Å². The number of carboxylic acids is 1. The predicted molar refractivity (Wildman–Crippen MR) is 57.9 cm³/mol. The molecule has 7 heteroatoms. The zero-order chi connectivity index (χ0) is 13.5. The molecule has 0 amide bonds. The minimum Gasteiger partial charge on any atom is -0.475 e. The Bertz CT molecular complexity index is 232. The van der Waals surface area contributed by atoms with Crippen LogP contribution in [-0.4, -0.2) is 54.4 Å². The molecule has 0 spiro atoms. The number of nitrogens with zero attached hydrogens (tertiary/aromatic N) is 1. The van der Waals surface area contributed by atoms with Gasteiger partial charge in [-0.15, -0.1) is 0 Å². The molecule has 1 aliphatic rings. The summed E-state index contributed by atoms with van der Waals surface area (Å²) in [6.45, 7) is 9.37.